The van der Waals surface area contributed by atoms with Crippen LogP contribution >= 0.6 is 11.3 Å². The van der Waals surface area contributed by atoms with Gasteiger partial charge in [-0.05, 0) is 24.1 Å². The Morgan fingerprint density at radius 1 is 1.10 bits per heavy atom. The highest BCUT2D eigenvalue weighted by Gasteiger charge is 2.09. The number of thiazole rings is 1. The number of rotatable bonds is 5. The van der Waals surface area contributed by atoms with Crippen molar-refractivity contribution >= 4 is 17.0 Å². The van der Waals surface area contributed by atoms with Gasteiger partial charge >= 0.3 is 0 Å². The molecule has 0 radical (unpaired) electrons. The number of aromatic nitrogens is 1. The highest BCUT2D eigenvalue weighted by atomic mass is 32.1. The molecule has 0 spiro atoms. The fourth-order valence-electron chi connectivity index (χ4n) is 2.42. The molecule has 0 amide bonds. The molecule has 0 aliphatic rings. The Labute approximate surface area is 129 Å². The van der Waals surface area contributed by atoms with Crippen LogP contribution < -0.4 is 5.32 Å². The van der Waals surface area contributed by atoms with Crippen molar-refractivity contribution in [3.05, 3.63) is 71.7 Å². The Kier molecular flexibility index (Phi) is 4.31. The molecule has 0 aliphatic heterocycles. The van der Waals surface area contributed by atoms with Crippen molar-refractivity contribution in [2.45, 2.75) is 19.4 Å². The molecule has 0 aliphatic carbocycles. The summed E-state index contributed by atoms with van der Waals surface area (Å²) < 4.78 is 0. The van der Waals surface area contributed by atoms with E-state index in [9.17, 15) is 0 Å². The second kappa shape index (κ2) is 6.55. The van der Waals surface area contributed by atoms with Crippen LogP contribution in [0.4, 0.5) is 5.69 Å². The van der Waals surface area contributed by atoms with E-state index in [4.69, 9.17) is 0 Å². The average Bonchev–Trinajstić information content (AvgIpc) is 3.08. The summed E-state index contributed by atoms with van der Waals surface area (Å²) in [5.74, 6) is 0. The van der Waals surface area contributed by atoms with Gasteiger partial charge in [0.15, 0.2) is 0 Å². The van der Waals surface area contributed by atoms with Crippen LogP contribution in [0.5, 0.6) is 0 Å². The van der Waals surface area contributed by atoms with Crippen molar-refractivity contribution in [2.24, 2.45) is 0 Å². The van der Waals surface area contributed by atoms with Gasteiger partial charge in [-0.3, -0.25) is 0 Å². The summed E-state index contributed by atoms with van der Waals surface area (Å²) >= 11 is 1.67. The van der Waals surface area contributed by atoms with Crippen molar-refractivity contribution in [1.29, 1.82) is 0 Å². The lowest BCUT2D eigenvalue weighted by Crippen LogP contribution is -2.09. The Morgan fingerprint density at radius 2 is 1.95 bits per heavy atom. The van der Waals surface area contributed by atoms with Gasteiger partial charge in [-0.1, -0.05) is 49.4 Å². The molecule has 3 rings (SSSR count). The van der Waals surface area contributed by atoms with Crippen LogP contribution in [-0.2, 0) is 0 Å². The van der Waals surface area contributed by atoms with Crippen LogP contribution in [0.15, 0.2) is 66.2 Å². The monoisotopic (exact) mass is 294 g/mol. The number of nitrogens with zero attached hydrogens (tertiary/aromatic N) is 1. The smallest absolute Gasteiger partial charge is 0.123 e. The fraction of sp³-hybridized carbons (Fsp3) is 0.167. The van der Waals surface area contributed by atoms with Gasteiger partial charge in [0.05, 0.1) is 6.04 Å². The molecule has 1 N–H and O–H groups in total. The summed E-state index contributed by atoms with van der Waals surface area (Å²) in [4.78, 5) is 4.38. The van der Waals surface area contributed by atoms with Gasteiger partial charge < -0.3 is 5.32 Å². The molecule has 106 valence electrons. The largest absolute Gasteiger partial charge is 0.378 e. The molecule has 2 nitrogen and oxygen atoms in total. The van der Waals surface area contributed by atoms with E-state index in [0.717, 1.165) is 22.7 Å². The van der Waals surface area contributed by atoms with Gasteiger partial charge in [-0.15, -0.1) is 11.3 Å². The number of nitrogens with one attached hydrogen (secondary N) is 1. The lowest BCUT2D eigenvalue weighted by atomic mass is 10.0. The van der Waals surface area contributed by atoms with E-state index in [-0.39, 0.29) is 0 Å². The minimum Gasteiger partial charge on any atom is -0.378 e. The van der Waals surface area contributed by atoms with Gasteiger partial charge in [0.1, 0.15) is 5.01 Å². The maximum atomic E-state index is 4.38. The van der Waals surface area contributed by atoms with Crippen LogP contribution in [-0.4, -0.2) is 4.98 Å². The molecule has 1 unspecified atom stereocenters. The molecule has 0 bridgehead atoms. The molecule has 1 atom stereocenters. The normalized spacial score (nSPS) is 12.0. The quantitative estimate of drug-likeness (QED) is 0.684. The molecule has 1 aromatic heterocycles. The Morgan fingerprint density at radius 3 is 2.67 bits per heavy atom. The SMILES string of the molecule is CCC(Nc1cccc(-c2nccs2)c1)c1ccccc1. The highest BCUT2D eigenvalue weighted by molar-refractivity contribution is 7.13. The third-order valence-corrected chi connectivity index (χ3v) is 4.32. The van der Waals surface area contributed by atoms with E-state index in [0.29, 0.717) is 6.04 Å². The lowest BCUT2D eigenvalue weighted by Gasteiger charge is -2.19. The third kappa shape index (κ3) is 3.31. The zero-order valence-corrected chi connectivity index (χ0v) is 12.8. The maximum Gasteiger partial charge on any atom is 0.123 e. The summed E-state index contributed by atoms with van der Waals surface area (Å²) in [5, 5.41) is 6.69. The first-order valence-electron chi connectivity index (χ1n) is 7.18. The Balaban J connectivity index is 1.82. The third-order valence-electron chi connectivity index (χ3n) is 3.49. The van der Waals surface area contributed by atoms with E-state index < -0.39 is 0 Å². The van der Waals surface area contributed by atoms with Crippen molar-refractivity contribution in [3.8, 4) is 10.6 Å². The van der Waals surface area contributed by atoms with E-state index in [1.807, 2.05) is 11.6 Å². The molecular formula is C18H18N2S. The van der Waals surface area contributed by atoms with Gasteiger partial charge in [-0.2, -0.15) is 0 Å². The maximum absolute atomic E-state index is 4.38. The Hall–Kier alpha value is -2.13. The molecule has 3 heteroatoms. The van der Waals surface area contributed by atoms with Gasteiger partial charge in [0.2, 0.25) is 0 Å². The summed E-state index contributed by atoms with van der Waals surface area (Å²) in [7, 11) is 0. The van der Waals surface area contributed by atoms with Crippen molar-refractivity contribution in [2.75, 3.05) is 5.32 Å². The molecule has 2 aromatic carbocycles. The minimum absolute atomic E-state index is 0.331. The molecular weight excluding hydrogens is 276 g/mol. The van der Waals surface area contributed by atoms with Crippen LogP contribution in [0.25, 0.3) is 10.6 Å². The van der Waals surface area contributed by atoms with E-state index in [1.54, 1.807) is 11.3 Å². The van der Waals surface area contributed by atoms with Crippen LogP contribution in [0.1, 0.15) is 24.9 Å². The zero-order chi connectivity index (χ0) is 14.5. The zero-order valence-electron chi connectivity index (χ0n) is 12.0. The second-order valence-corrected chi connectivity index (χ2v) is 5.83. The van der Waals surface area contributed by atoms with Crippen molar-refractivity contribution in [3.63, 3.8) is 0 Å². The van der Waals surface area contributed by atoms with Gasteiger partial charge in [0.25, 0.3) is 0 Å². The highest BCUT2D eigenvalue weighted by Crippen LogP contribution is 2.27. The topological polar surface area (TPSA) is 24.9 Å². The molecule has 21 heavy (non-hydrogen) atoms. The van der Waals surface area contributed by atoms with Crippen LogP contribution in [0, 0.1) is 0 Å². The summed E-state index contributed by atoms with van der Waals surface area (Å²) in [6.07, 6.45) is 2.89. The fourth-order valence-corrected chi connectivity index (χ4v) is 3.05. The first-order valence-corrected chi connectivity index (χ1v) is 8.06. The Bertz CT molecular complexity index is 677. The lowest BCUT2D eigenvalue weighted by molar-refractivity contribution is 0.749. The predicted molar refractivity (Wildman–Crippen MR) is 90.6 cm³/mol. The number of hydrogen-bond donors (Lipinski definition) is 1. The molecule has 3 aromatic rings. The molecule has 0 saturated heterocycles. The van der Waals surface area contributed by atoms with Gasteiger partial charge in [-0.25, -0.2) is 4.98 Å². The minimum atomic E-state index is 0.331. The standard InChI is InChI=1S/C18H18N2S/c1-2-17(14-7-4-3-5-8-14)20-16-10-6-9-15(13-16)18-19-11-12-21-18/h3-13,17,20H,2H2,1H3. The second-order valence-electron chi connectivity index (χ2n) is 4.93. The number of anilines is 1. The van der Waals surface area contributed by atoms with E-state index in [1.165, 1.54) is 5.56 Å². The van der Waals surface area contributed by atoms with E-state index >= 15 is 0 Å². The molecule has 0 fully saturated rings. The van der Waals surface area contributed by atoms with E-state index in [2.05, 4.69) is 71.8 Å². The first kappa shape index (κ1) is 13.8. The van der Waals surface area contributed by atoms with Crippen LogP contribution in [0.3, 0.4) is 0 Å². The predicted octanol–water partition coefficient (Wildman–Crippen LogP) is 5.37. The summed E-state index contributed by atoms with van der Waals surface area (Å²) in [6.45, 7) is 2.20. The first-order chi connectivity index (χ1) is 10.4. The molecule has 0 saturated carbocycles. The van der Waals surface area contributed by atoms with Gasteiger partial charge in [0, 0.05) is 22.8 Å². The summed E-state index contributed by atoms with van der Waals surface area (Å²) in [6, 6.07) is 19.4. The average molecular weight is 294 g/mol. The van der Waals surface area contributed by atoms with Crippen LogP contribution in [0.2, 0.25) is 0 Å². The molecule has 1 heterocycles. The number of hydrogen-bond acceptors (Lipinski definition) is 3. The van der Waals surface area contributed by atoms with Crippen molar-refractivity contribution < 1.29 is 0 Å². The summed E-state index contributed by atoms with van der Waals surface area (Å²) in [5.41, 5.74) is 3.62. The number of benzene rings is 2. The van der Waals surface area contributed by atoms with Crippen molar-refractivity contribution in [1.82, 2.24) is 4.98 Å².